The molecule has 1 heterocycles. The van der Waals surface area contributed by atoms with Gasteiger partial charge in [0.2, 0.25) is 11.8 Å². The highest BCUT2D eigenvalue weighted by Gasteiger charge is 2.14. The maximum Gasteiger partial charge on any atom is 0.277 e. The van der Waals surface area contributed by atoms with Gasteiger partial charge in [-0.05, 0) is 56.5 Å². The third-order valence-corrected chi connectivity index (χ3v) is 5.26. The van der Waals surface area contributed by atoms with E-state index < -0.39 is 0 Å². The van der Waals surface area contributed by atoms with Crippen molar-refractivity contribution in [1.82, 2.24) is 15.5 Å². The lowest BCUT2D eigenvalue weighted by Crippen LogP contribution is -2.28. The van der Waals surface area contributed by atoms with Gasteiger partial charge in [0.1, 0.15) is 0 Å². The van der Waals surface area contributed by atoms with Crippen LogP contribution in [0, 0.1) is 20.8 Å². The molecule has 0 aliphatic rings. The van der Waals surface area contributed by atoms with Gasteiger partial charge >= 0.3 is 0 Å². The second kappa shape index (κ2) is 8.39. The highest BCUT2D eigenvalue weighted by Crippen LogP contribution is 2.23. The summed E-state index contributed by atoms with van der Waals surface area (Å²) in [4.78, 5) is 12.2. The summed E-state index contributed by atoms with van der Waals surface area (Å²) in [6, 6.07) is 14.0. The highest BCUT2D eigenvalue weighted by molar-refractivity contribution is 7.99. The lowest BCUT2D eigenvalue weighted by atomic mass is 10.0. The van der Waals surface area contributed by atoms with E-state index >= 15 is 0 Å². The highest BCUT2D eigenvalue weighted by atomic mass is 32.2. The zero-order chi connectivity index (χ0) is 19.4. The van der Waals surface area contributed by atoms with E-state index in [1.807, 2.05) is 44.2 Å². The summed E-state index contributed by atoms with van der Waals surface area (Å²) in [7, 11) is 0. The number of carbonyl (C=O) groups excluding carboxylic acids is 1. The van der Waals surface area contributed by atoms with Crippen molar-refractivity contribution in [1.29, 1.82) is 0 Å². The van der Waals surface area contributed by atoms with Gasteiger partial charge in [-0.3, -0.25) is 4.79 Å². The minimum atomic E-state index is -0.0687. The van der Waals surface area contributed by atoms with Crippen LogP contribution in [-0.4, -0.2) is 21.9 Å². The number of hydrogen-bond acceptors (Lipinski definition) is 5. The zero-order valence-electron chi connectivity index (χ0n) is 15.9. The molecule has 0 saturated heterocycles. The first-order chi connectivity index (χ1) is 12.9. The predicted octanol–water partition coefficient (Wildman–Crippen LogP) is 4.63. The molecule has 1 amide bonds. The Morgan fingerprint density at radius 1 is 1.07 bits per heavy atom. The van der Waals surface area contributed by atoms with Crippen molar-refractivity contribution >= 4 is 17.7 Å². The van der Waals surface area contributed by atoms with E-state index in [4.69, 9.17) is 4.42 Å². The van der Waals surface area contributed by atoms with Crippen LogP contribution in [0.2, 0.25) is 0 Å². The van der Waals surface area contributed by atoms with Crippen molar-refractivity contribution < 1.29 is 9.21 Å². The van der Waals surface area contributed by atoms with Gasteiger partial charge in [0.05, 0.1) is 11.8 Å². The summed E-state index contributed by atoms with van der Waals surface area (Å²) in [5.74, 6) is 0.618. The Labute approximate surface area is 163 Å². The standard InChI is InChI=1S/C21H23N3O2S/c1-13-5-8-17(9-6-13)20-23-24-21(26-20)27-12-19(25)22-16(4)18-10-7-14(2)15(3)11-18/h5-11,16H,12H2,1-4H3,(H,22,25)/t16-/m0/s1. The number of benzene rings is 2. The Bertz CT molecular complexity index is 935. The van der Waals surface area contributed by atoms with E-state index in [-0.39, 0.29) is 17.7 Å². The summed E-state index contributed by atoms with van der Waals surface area (Å²) in [5.41, 5.74) is 5.59. The Balaban J connectivity index is 1.54. The first-order valence-electron chi connectivity index (χ1n) is 8.82. The van der Waals surface area contributed by atoms with Crippen LogP contribution in [0.4, 0.5) is 0 Å². The molecule has 1 atom stereocenters. The van der Waals surface area contributed by atoms with Gasteiger partial charge < -0.3 is 9.73 Å². The van der Waals surface area contributed by atoms with Crippen LogP contribution >= 0.6 is 11.8 Å². The zero-order valence-corrected chi connectivity index (χ0v) is 16.8. The molecule has 2 aromatic carbocycles. The molecule has 0 bridgehead atoms. The molecular formula is C21H23N3O2S. The maximum absolute atomic E-state index is 12.2. The molecular weight excluding hydrogens is 358 g/mol. The molecule has 0 saturated carbocycles. The van der Waals surface area contributed by atoms with Gasteiger partial charge in [0.25, 0.3) is 5.22 Å². The lowest BCUT2D eigenvalue weighted by molar-refractivity contribution is -0.119. The van der Waals surface area contributed by atoms with E-state index in [2.05, 4.69) is 41.5 Å². The molecule has 3 rings (SSSR count). The van der Waals surface area contributed by atoms with Crippen molar-refractivity contribution in [3.05, 3.63) is 64.7 Å². The molecule has 140 valence electrons. The third-order valence-electron chi connectivity index (χ3n) is 4.44. The largest absolute Gasteiger partial charge is 0.411 e. The average Bonchev–Trinajstić information content (AvgIpc) is 3.12. The molecule has 1 N–H and O–H groups in total. The number of amides is 1. The normalized spacial score (nSPS) is 12.0. The number of aromatic nitrogens is 2. The van der Waals surface area contributed by atoms with E-state index in [0.29, 0.717) is 11.1 Å². The summed E-state index contributed by atoms with van der Waals surface area (Å²) < 4.78 is 5.64. The molecule has 0 radical (unpaired) electrons. The number of aryl methyl sites for hydroxylation is 3. The third kappa shape index (κ3) is 4.98. The van der Waals surface area contributed by atoms with Gasteiger partial charge in [-0.2, -0.15) is 0 Å². The Morgan fingerprint density at radius 2 is 1.81 bits per heavy atom. The number of thioether (sulfide) groups is 1. The molecule has 0 aliphatic carbocycles. The molecule has 0 unspecified atom stereocenters. The van der Waals surface area contributed by atoms with Crippen molar-refractivity contribution in [3.8, 4) is 11.5 Å². The van der Waals surface area contributed by atoms with Gasteiger partial charge in [0.15, 0.2) is 0 Å². The summed E-state index contributed by atoms with van der Waals surface area (Å²) in [6.07, 6.45) is 0. The summed E-state index contributed by atoms with van der Waals surface area (Å²) in [5, 5.41) is 11.5. The van der Waals surface area contributed by atoms with E-state index in [1.165, 1.54) is 28.5 Å². The molecule has 1 aromatic heterocycles. The summed E-state index contributed by atoms with van der Waals surface area (Å²) >= 11 is 1.24. The van der Waals surface area contributed by atoms with Crippen LogP contribution in [0.5, 0.6) is 0 Å². The first-order valence-corrected chi connectivity index (χ1v) is 9.81. The van der Waals surface area contributed by atoms with Gasteiger partial charge in [-0.25, -0.2) is 0 Å². The Morgan fingerprint density at radius 3 is 2.52 bits per heavy atom. The molecule has 5 nitrogen and oxygen atoms in total. The molecule has 0 fully saturated rings. The molecule has 6 heteroatoms. The minimum Gasteiger partial charge on any atom is -0.411 e. The monoisotopic (exact) mass is 381 g/mol. The van der Waals surface area contributed by atoms with Crippen molar-refractivity contribution in [2.24, 2.45) is 0 Å². The summed E-state index contributed by atoms with van der Waals surface area (Å²) in [6.45, 7) is 8.16. The first kappa shape index (κ1) is 19.2. The number of hydrogen-bond donors (Lipinski definition) is 1. The van der Waals surface area contributed by atoms with E-state index in [1.54, 1.807) is 0 Å². The number of nitrogens with one attached hydrogen (secondary N) is 1. The molecule has 0 spiro atoms. The fourth-order valence-electron chi connectivity index (χ4n) is 2.61. The fourth-order valence-corrected chi connectivity index (χ4v) is 3.18. The van der Waals surface area contributed by atoms with Gasteiger partial charge in [-0.15, -0.1) is 10.2 Å². The quantitative estimate of drug-likeness (QED) is 0.631. The number of carbonyl (C=O) groups is 1. The van der Waals surface area contributed by atoms with Crippen LogP contribution < -0.4 is 5.32 Å². The van der Waals surface area contributed by atoms with Crippen LogP contribution in [-0.2, 0) is 4.79 Å². The van der Waals surface area contributed by atoms with Crippen molar-refractivity contribution in [2.45, 2.75) is 39.0 Å². The second-order valence-electron chi connectivity index (χ2n) is 6.66. The second-order valence-corrected chi connectivity index (χ2v) is 7.59. The predicted molar refractivity (Wildman–Crippen MR) is 108 cm³/mol. The van der Waals surface area contributed by atoms with E-state index in [0.717, 1.165) is 11.1 Å². The van der Waals surface area contributed by atoms with Crippen LogP contribution in [0.3, 0.4) is 0 Å². The SMILES string of the molecule is Cc1ccc(-c2nnc(SCC(=O)N[C@@H](C)c3ccc(C)c(C)c3)o2)cc1. The van der Waals surface area contributed by atoms with Crippen LogP contribution in [0.15, 0.2) is 52.1 Å². The van der Waals surface area contributed by atoms with Crippen molar-refractivity contribution in [3.63, 3.8) is 0 Å². The Hall–Kier alpha value is -2.60. The van der Waals surface area contributed by atoms with Crippen LogP contribution in [0.1, 0.15) is 35.2 Å². The van der Waals surface area contributed by atoms with Gasteiger partial charge in [-0.1, -0.05) is 47.7 Å². The topological polar surface area (TPSA) is 68.0 Å². The smallest absolute Gasteiger partial charge is 0.277 e. The van der Waals surface area contributed by atoms with Gasteiger partial charge in [0, 0.05) is 5.56 Å². The van der Waals surface area contributed by atoms with E-state index in [9.17, 15) is 4.79 Å². The molecule has 0 aliphatic heterocycles. The van der Waals surface area contributed by atoms with Crippen molar-refractivity contribution in [2.75, 3.05) is 5.75 Å². The molecule has 27 heavy (non-hydrogen) atoms. The number of rotatable bonds is 6. The number of nitrogens with zero attached hydrogens (tertiary/aromatic N) is 2. The fraction of sp³-hybridized carbons (Fsp3) is 0.286. The molecule has 3 aromatic rings. The average molecular weight is 382 g/mol. The Kier molecular flexibility index (Phi) is 5.96. The lowest BCUT2D eigenvalue weighted by Gasteiger charge is -2.15. The maximum atomic E-state index is 12.2. The minimum absolute atomic E-state index is 0.0526. The van der Waals surface area contributed by atoms with Crippen LogP contribution in [0.25, 0.3) is 11.5 Å².